The number of methoxy groups -OCH3 is 1. The van der Waals surface area contributed by atoms with Gasteiger partial charge in [-0.2, -0.15) is 0 Å². The predicted molar refractivity (Wildman–Crippen MR) is 92.7 cm³/mol. The van der Waals surface area contributed by atoms with Crippen LogP contribution in [-0.2, 0) is 6.42 Å². The second kappa shape index (κ2) is 5.17. The molecule has 0 aliphatic rings. The number of halogens is 2. The van der Waals surface area contributed by atoms with Crippen LogP contribution in [0.25, 0.3) is 30.9 Å². The third-order valence-electron chi connectivity index (χ3n) is 4.28. The number of thiophene rings is 1. The Labute approximate surface area is 136 Å². The molecule has 1 aromatic heterocycles. The van der Waals surface area contributed by atoms with Crippen molar-refractivity contribution in [3.8, 4) is 5.75 Å². The Bertz CT molecular complexity index is 1070. The lowest BCUT2D eigenvalue weighted by Crippen LogP contribution is -1.87. The quantitative estimate of drug-likeness (QED) is 0.435. The van der Waals surface area contributed by atoms with Crippen molar-refractivity contribution >= 4 is 42.3 Å². The fourth-order valence-electron chi connectivity index (χ4n) is 3.01. The second-order valence-corrected chi connectivity index (χ2v) is 6.56. The van der Waals surface area contributed by atoms with Crippen LogP contribution < -0.4 is 4.74 Å². The highest BCUT2D eigenvalue weighted by Crippen LogP contribution is 2.41. The van der Waals surface area contributed by atoms with Gasteiger partial charge < -0.3 is 4.74 Å². The van der Waals surface area contributed by atoms with Crippen LogP contribution in [0, 0.1) is 11.6 Å². The van der Waals surface area contributed by atoms with Gasteiger partial charge in [0.1, 0.15) is 5.82 Å². The average molecular weight is 328 g/mol. The molecule has 4 heteroatoms. The van der Waals surface area contributed by atoms with Crippen LogP contribution in [-0.4, -0.2) is 7.11 Å². The highest BCUT2D eigenvalue weighted by Gasteiger charge is 2.17. The van der Waals surface area contributed by atoms with E-state index in [0.29, 0.717) is 14.8 Å². The number of hydrogen-bond donors (Lipinski definition) is 0. The number of fused-ring (bicyclic) bond motifs is 4. The normalized spacial score (nSPS) is 11.7. The summed E-state index contributed by atoms with van der Waals surface area (Å²) in [6, 6.07) is 11.1. The Morgan fingerprint density at radius 3 is 2.43 bits per heavy atom. The third-order valence-corrected chi connectivity index (χ3v) is 5.49. The lowest BCUT2D eigenvalue weighted by Gasteiger charge is -2.04. The van der Waals surface area contributed by atoms with E-state index in [0.717, 1.165) is 39.5 Å². The maximum absolute atomic E-state index is 15.0. The Balaban J connectivity index is 2.16. The highest BCUT2D eigenvalue weighted by molar-refractivity contribution is 7.26. The summed E-state index contributed by atoms with van der Waals surface area (Å²) < 4.78 is 35.4. The van der Waals surface area contributed by atoms with Gasteiger partial charge in [0, 0.05) is 16.2 Å². The van der Waals surface area contributed by atoms with Gasteiger partial charge in [0.15, 0.2) is 11.6 Å². The molecule has 0 saturated heterocycles. The van der Waals surface area contributed by atoms with Crippen LogP contribution in [0.15, 0.2) is 36.4 Å². The summed E-state index contributed by atoms with van der Waals surface area (Å²) >= 11 is 1.14. The minimum atomic E-state index is -0.427. The topological polar surface area (TPSA) is 9.23 Å². The van der Waals surface area contributed by atoms with Crippen molar-refractivity contribution in [3.63, 3.8) is 0 Å². The van der Waals surface area contributed by atoms with Gasteiger partial charge in [0.2, 0.25) is 0 Å². The molecule has 0 aliphatic carbocycles. The lowest BCUT2D eigenvalue weighted by atomic mass is 10.0. The van der Waals surface area contributed by atoms with Crippen LogP contribution in [0.3, 0.4) is 0 Å². The van der Waals surface area contributed by atoms with E-state index < -0.39 is 5.82 Å². The molecule has 3 aromatic carbocycles. The first kappa shape index (κ1) is 14.4. The second-order valence-electron chi connectivity index (χ2n) is 5.54. The molecule has 4 rings (SSSR count). The SMILES string of the molecule is CCc1ccc2cc3c(sc4c(F)c(OC)ccc43)c(F)c2c1. The maximum atomic E-state index is 15.0. The Hall–Kier alpha value is -2.20. The van der Waals surface area contributed by atoms with Gasteiger partial charge in [0.25, 0.3) is 0 Å². The highest BCUT2D eigenvalue weighted by atomic mass is 32.1. The Kier molecular flexibility index (Phi) is 3.23. The third kappa shape index (κ3) is 2.01. The van der Waals surface area contributed by atoms with Gasteiger partial charge in [-0.05, 0) is 41.6 Å². The number of benzene rings is 3. The molecule has 0 saturated carbocycles. The Morgan fingerprint density at radius 2 is 1.70 bits per heavy atom. The van der Waals surface area contributed by atoms with Gasteiger partial charge in [-0.1, -0.05) is 19.1 Å². The van der Waals surface area contributed by atoms with E-state index in [-0.39, 0.29) is 11.6 Å². The molecule has 0 radical (unpaired) electrons. The van der Waals surface area contributed by atoms with Crippen LogP contribution in [0.1, 0.15) is 12.5 Å². The van der Waals surface area contributed by atoms with E-state index in [1.807, 2.05) is 31.2 Å². The van der Waals surface area contributed by atoms with Crippen molar-refractivity contribution in [1.82, 2.24) is 0 Å². The van der Waals surface area contributed by atoms with Crippen LogP contribution >= 0.6 is 11.3 Å². The summed E-state index contributed by atoms with van der Waals surface area (Å²) in [4.78, 5) is 0. The van der Waals surface area contributed by atoms with E-state index in [9.17, 15) is 8.78 Å². The van der Waals surface area contributed by atoms with Crippen LogP contribution in [0.4, 0.5) is 8.78 Å². The molecular formula is C19H14F2OS. The van der Waals surface area contributed by atoms with Crippen molar-refractivity contribution in [2.45, 2.75) is 13.3 Å². The van der Waals surface area contributed by atoms with Crippen LogP contribution in [0.5, 0.6) is 5.75 Å². The van der Waals surface area contributed by atoms with E-state index in [1.165, 1.54) is 7.11 Å². The molecule has 116 valence electrons. The van der Waals surface area contributed by atoms with Crippen molar-refractivity contribution in [2.24, 2.45) is 0 Å². The fourth-order valence-corrected chi connectivity index (χ4v) is 4.17. The molecule has 4 aromatic rings. The van der Waals surface area contributed by atoms with E-state index in [1.54, 1.807) is 12.1 Å². The van der Waals surface area contributed by atoms with Gasteiger partial charge in [-0.25, -0.2) is 8.78 Å². The number of rotatable bonds is 2. The lowest BCUT2D eigenvalue weighted by molar-refractivity contribution is 0.389. The predicted octanol–water partition coefficient (Wildman–Crippen LogP) is 6.06. The Morgan fingerprint density at radius 1 is 0.913 bits per heavy atom. The minimum Gasteiger partial charge on any atom is -0.494 e. The van der Waals surface area contributed by atoms with E-state index in [4.69, 9.17) is 4.74 Å². The minimum absolute atomic E-state index is 0.183. The molecule has 0 unspecified atom stereocenters. The van der Waals surface area contributed by atoms with Crippen molar-refractivity contribution in [2.75, 3.05) is 7.11 Å². The zero-order chi connectivity index (χ0) is 16.1. The first-order valence-electron chi connectivity index (χ1n) is 7.44. The molecular weight excluding hydrogens is 314 g/mol. The van der Waals surface area contributed by atoms with E-state index >= 15 is 0 Å². The van der Waals surface area contributed by atoms with Gasteiger partial charge in [-0.15, -0.1) is 11.3 Å². The van der Waals surface area contributed by atoms with Crippen molar-refractivity contribution in [3.05, 3.63) is 53.6 Å². The molecule has 23 heavy (non-hydrogen) atoms. The largest absolute Gasteiger partial charge is 0.494 e. The molecule has 0 fully saturated rings. The summed E-state index contributed by atoms with van der Waals surface area (Å²) in [5, 5.41) is 2.91. The summed E-state index contributed by atoms with van der Waals surface area (Å²) in [7, 11) is 1.43. The first-order valence-corrected chi connectivity index (χ1v) is 8.25. The number of hydrogen-bond acceptors (Lipinski definition) is 2. The summed E-state index contributed by atoms with van der Waals surface area (Å²) in [5.74, 6) is -0.515. The molecule has 1 nitrogen and oxygen atoms in total. The van der Waals surface area contributed by atoms with Gasteiger partial charge in [0.05, 0.1) is 16.5 Å². The smallest absolute Gasteiger partial charge is 0.182 e. The first-order chi connectivity index (χ1) is 11.1. The molecule has 0 atom stereocenters. The molecule has 0 amide bonds. The molecule has 0 spiro atoms. The monoisotopic (exact) mass is 328 g/mol. The summed E-state index contributed by atoms with van der Waals surface area (Å²) in [6.45, 7) is 2.04. The molecule has 0 aliphatic heterocycles. The van der Waals surface area contributed by atoms with Gasteiger partial charge >= 0.3 is 0 Å². The average Bonchev–Trinajstić information content (AvgIpc) is 2.95. The summed E-state index contributed by atoms with van der Waals surface area (Å²) in [6.07, 6.45) is 0.853. The summed E-state index contributed by atoms with van der Waals surface area (Å²) in [5.41, 5.74) is 1.09. The standard InChI is InChI=1S/C19H14F2OS/c1-3-10-4-5-11-9-14-12-6-7-15(22-2)17(21)18(12)23-19(14)16(20)13(11)8-10/h4-9H,3H2,1-2H3. The van der Waals surface area contributed by atoms with E-state index in [2.05, 4.69) is 0 Å². The number of aryl methyl sites for hydroxylation is 1. The van der Waals surface area contributed by atoms with Crippen LogP contribution in [0.2, 0.25) is 0 Å². The zero-order valence-electron chi connectivity index (χ0n) is 12.7. The molecule has 0 N–H and O–H groups in total. The molecule has 1 heterocycles. The fraction of sp³-hybridized carbons (Fsp3) is 0.158. The van der Waals surface area contributed by atoms with Crippen molar-refractivity contribution in [1.29, 1.82) is 0 Å². The van der Waals surface area contributed by atoms with Crippen molar-refractivity contribution < 1.29 is 13.5 Å². The zero-order valence-corrected chi connectivity index (χ0v) is 13.6. The molecule has 0 bridgehead atoms. The van der Waals surface area contributed by atoms with Gasteiger partial charge in [-0.3, -0.25) is 0 Å². The maximum Gasteiger partial charge on any atom is 0.182 e. The number of ether oxygens (including phenoxy) is 1.